The van der Waals surface area contributed by atoms with Gasteiger partial charge in [-0.25, -0.2) is 0 Å². The predicted octanol–water partition coefficient (Wildman–Crippen LogP) is 3.85. The highest BCUT2D eigenvalue weighted by atomic mass is 16.5. The Hall–Kier alpha value is -1.54. The van der Waals surface area contributed by atoms with Gasteiger partial charge in [0.25, 0.3) is 0 Å². The Bertz CT molecular complexity index is 521. The van der Waals surface area contributed by atoms with E-state index in [9.17, 15) is 0 Å². The van der Waals surface area contributed by atoms with Crippen LogP contribution in [0.1, 0.15) is 20.8 Å². The molecule has 0 radical (unpaired) electrons. The van der Waals surface area contributed by atoms with Gasteiger partial charge in [0.2, 0.25) is 0 Å². The van der Waals surface area contributed by atoms with E-state index in [-0.39, 0.29) is 6.10 Å². The zero-order valence-corrected chi connectivity index (χ0v) is 12.0. The molecule has 2 heteroatoms. The summed E-state index contributed by atoms with van der Waals surface area (Å²) in [5.74, 6) is 1.45. The van der Waals surface area contributed by atoms with E-state index in [4.69, 9.17) is 4.74 Å². The smallest absolute Gasteiger partial charge is 0.120 e. The Balaban J connectivity index is 2.14. The summed E-state index contributed by atoms with van der Waals surface area (Å²) in [6, 6.07) is 14.7. The number of likely N-dealkylation sites (N-methyl/N-ethyl adjacent to an activating group) is 1. The molecule has 2 aromatic rings. The van der Waals surface area contributed by atoms with Crippen LogP contribution in [0.3, 0.4) is 0 Å². The molecule has 1 unspecified atom stereocenters. The van der Waals surface area contributed by atoms with Crippen LogP contribution < -0.4 is 10.1 Å². The van der Waals surface area contributed by atoms with Crippen molar-refractivity contribution in [1.29, 1.82) is 0 Å². The van der Waals surface area contributed by atoms with Crippen LogP contribution in [0.2, 0.25) is 0 Å². The van der Waals surface area contributed by atoms with Gasteiger partial charge in [0.05, 0.1) is 0 Å². The standard InChI is InChI=1S/C17H23NO/c1-4-18-12-17(13(2)3)19-16-10-9-14-7-5-6-8-15(14)11-16/h5-11,13,17-18H,4,12H2,1-3H3. The summed E-state index contributed by atoms with van der Waals surface area (Å²) in [6.07, 6.45) is 0.209. The molecule has 102 valence electrons. The fourth-order valence-corrected chi connectivity index (χ4v) is 2.12. The van der Waals surface area contributed by atoms with Crippen LogP contribution in [0.5, 0.6) is 5.75 Å². The van der Waals surface area contributed by atoms with Crippen molar-refractivity contribution in [2.45, 2.75) is 26.9 Å². The van der Waals surface area contributed by atoms with Crippen molar-refractivity contribution in [3.8, 4) is 5.75 Å². The van der Waals surface area contributed by atoms with E-state index in [1.54, 1.807) is 0 Å². The topological polar surface area (TPSA) is 21.3 Å². The molecule has 0 spiro atoms. The third kappa shape index (κ3) is 3.71. The van der Waals surface area contributed by atoms with Crippen LogP contribution in [0.25, 0.3) is 10.8 Å². The number of hydrogen-bond acceptors (Lipinski definition) is 2. The highest BCUT2D eigenvalue weighted by Crippen LogP contribution is 2.22. The van der Waals surface area contributed by atoms with Gasteiger partial charge in [-0.2, -0.15) is 0 Å². The molecule has 0 aliphatic rings. The Morgan fingerprint density at radius 1 is 1.05 bits per heavy atom. The molecule has 2 rings (SSSR count). The lowest BCUT2D eigenvalue weighted by Crippen LogP contribution is -2.35. The molecule has 0 saturated carbocycles. The first kappa shape index (κ1) is 13.9. The van der Waals surface area contributed by atoms with Gasteiger partial charge in [0.15, 0.2) is 0 Å². The molecule has 2 aromatic carbocycles. The summed E-state index contributed by atoms with van der Waals surface area (Å²) in [5, 5.41) is 5.84. The number of rotatable bonds is 6. The Morgan fingerprint density at radius 2 is 1.79 bits per heavy atom. The van der Waals surface area contributed by atoms with Crippen LogP contribution >= 0.6 is 0 Å². The molecule has 0 saturated heterocycles. The van der Waals surface area contributed by atoms with E-state index in [1.165, 1.54) is 10.8 Å². The molecule has 2 nitrogen and oxygen atoms in total. The van der Waals surface area contributed by atoms with Crippen molar-refractivity contribution >= 4 is 10.8 Å². The second kappa shape index (κ2) is 6.58. The van der Waals surface area contributed by atoms with Crippen LogP contribution in [0.15, 0.2) is 42.5 Å². The predicted molar refractivity (Wildman–Crippen MR) is 81.7 cm³/mol. The van der Waals surface area contributed by atoms with Gasteiger partial charge >= 0.3 is 0 Å². The van der Waals surface area contributed by atoms with Crippen molar-refractivity contribution in [3.05, 3.63) is 42.5 Å². The minimum absolute atomic E-state index is 0.209. The van der Waals surface area contributed by atoms with Crippen molar-refractivity contribution in [2.75, 3.05) is 13.1 Å². The maximum absolute atomic E-state index is 6.12. The molecule has 1 N–H and O–H groups in total. The minimum Gasteiger partial charge on any atom is -0.489 e. The second-order valence-corrected chi connectivity index (χ2v) is 5.22. The number of hydrogen-bond donors (Lipinski definition) is 1. The number of benzene rings is 2. The molecule has 0 aromatic heterocycles. The molecule has 0 fully saturated rings. The van der Waals surface area contributed by atoms with Gasteiger partial charge in [-0.3, -0.25) is 0 Å². The zero-order valence-electron chi connectivity index (χ0n) is 12.0. The number of ether oxygens (including phenoxy) is 1. The van der Waals surface area contributed by atoms with E-state index >= 15 is 0 Å². The molecular formula is C17H23NO. The summed E-state index contributed by atoms with van der Waals surface area (Å²) < 4.78 is 6.12. The first-order chi connectivity index (χ1) is 9.20. The third-order valence-electron chi connectivity index (χ3n) is 3.35. The monoisotopic (exact) mass is 257 g/mol. The third-order valence-corrected chi connectivity index (χ3v) is 3.35. The second-order valence-electron chi connectivity index (χ2n) is 5.22. The summed E-state index contributed by atoms with van der Waals surface area (Å²) in [6.45, 7) is 8.38. The first-order valence-corrected chi connectivity index (χ1v) is 7.07. The lowest BCUT2D eigenvalue weighted by atomic mass is 10.1. The quantitative estimate of drug-likeness (QED) is 0.848. The van der Waals surface area contributed by atoms with Gasteiger partial charge < -0.3 is 10.1 Å². The van der Waals surface area contributed by atoms with E-state index < -0.39 is 0 Å². The minimum atomic E-state index is 0.209. The SMILES string of the molecule is CCNCC(Oc1ccc2ccccc2c1)C(C)C. The van der Waals surface area contributed by atoms with Crippen molar-refractivity contribution in [3.63, 3.8) is 0 Å². The van der Waals surface area contributed by atoms with E-state index in [1.807, 2.05) is 0 Å². The lowest BCUT2D eigenvalue weighted by molar-refractivity contribution is 0.150. The lowest BCUT2D eigenvalue weighted by Gasteiger charge is -2.23. The average Bonchev–Trinajstić information content (AvgIpc) is 2.43. The van der Waals surface area contributed by atoms with Crippen molar-refractivity contribution in [1.82, 2.24) is 5.32 Å². The molecule has 19 heavy (non-hydrogen) atoms. The molecule has 0 aliphatic carbocycles. The van der Waals surface area contributed by atoms with Crippen molar-refractivity contribution < 1.29 is 4.74 Å². The Labute approximate surface area is 115 Å². The fraction of sp³-hybridized carbons (Fsp3) is 0.412. The first-order valence-electron chi connectivity index (χ1n) is 7.07. The zero-order chi connectivity index (χ0) is 13.7. The average molecular weight is 257 g/mol. The normalized spacial score (nSPS) is 12.8. The van der Waals surface area contributed by atoms with Crippen molar-refractivity contribution in [2.24, 2.45) is 5.92 Å². The summed E-state index contributed by atoms with van der Waals surface area (Å²) in [4.78, 5) is 0. The largest absolute Gasteiger partial charge is 0.489 e. The van der Waals surface area contributed by atoms with Gasteiger partial charge in [0.1, 0.15) is 11.9 Å². The Kier molecular flexibility index (Phi) is 4.80. The number of nitrogens with one attached hydrogen (secondary N) is 1. The molecule has 1 atom stereocenters. The highest BCUT2D eigenvalue weighted by Gasteiger charge is 2.14. The Morgan fingerprint density at radius 3 is 2.47 bits per heavy atom. The van der Waals surface area contributed by atoms with Crippen LogP contribution in [0.4, 0.5) is 0 Å². The molecular weight excluding hydrogens is 234 g/mol. The van der Waals surface area contributed by atoms with E-state index in [2.05, 4.69) is 68.6 Å². The van der Waals surface area contributed by atoms with Crippen LogP contribution in [0, 0.1) is 5.92 Å². The maximum atomic E-state index is 6.12. The van der Waals surface area contributed by atoms with Crippen LogP contribution in [-0.4, -0.2) is 19.2 Å². The van der Waals surface area contributed by atoms with E-state index in [0.29, 0.717) is 5.92 Å². The number of fused-ring (bicyclic) bond motifs is 1. The van der Waals surface area contributed by atoms with Gasteiger partial charge in [-0.1, -0.05) is 51.1 Å². The van der Waals surface area contributed by atoms with Gasteiger partial charge in [0, 0.05) is 6.54 Å². The van der Waals surface area contributed by atoms with Crippen LogP contribution in [-0.2, 0) is 0 Å². The highest BCUT2D eigenvalue weighted by molar-refractivity contribution is 5.83. The fourth-order valence-electron chi connectivity index (χ4n) is 2.12. The summed E-state index contributed by atoms with van der Waals surface area (Å²) in [7, 11) is 0. The molecule has 0 aliphatic heterocycles. The summed E-state index contributed by atoms with van der Waals surface area (Å²) >= 11 is 0. The molecule has 0 bridgehead atoms. The van der Waals surface area contributed by atoms with Gasteiger partial charge in [-0.15, -0.1) is 0 Å². The van der Waals surface area contributed by atoms with Gasteiger partial charge in [-0.05, 0) is 35.4 Å². The summed E-state index contributed by atoms with van der Waals surface area (Å²) in [5.41, 5.74) is 0. The maximum Gasteiger partial charge on any atom is 0.120 e. The van der Waals surface area contributed by atoms with E-state index in [0.717, 1.165) is 18.8 Å². The molecule has 0 amide bonds. The molecule has 0 heterocycles.